The summed E-state index contributed by atoms with van der Waals surface area (Å²) in [7, 11) is 1.68. The molecule has 0 aromatic carbocycles. The van der Waals surface area contributed by atoms with Crippen molar-refractivity contribution in [1.29, 1.82) is 0 Å². The average molecular weight is 187 g/mol. The Morgan fingerprint density at radius 1 is 1.38 bits per heavy atom. The van der Waals surface area contributed by atoms with Crippen LogP contribution in [0.1, 0.15) is 20.8 Å². The Morgan fingerprint density at radius 2 is 1.85 bits per heavy atom. The number of primary amides is 1. The SMILES string of the molecule is CNC(C)(C)C(=O)NC(C)C(N)=O. The zero-order chi connectivity index (χ0) is 10.6. The monoisotopic (exact) mass is 187 g/mol. The molecule has 0 saturated carbocycles. The molecule has 0 radical (unpaired) electrons. The van der Waals surface area contributed by atoms with E-state index in [2.05, 4.69) is 10.6 Å². The van der Waals surface area contributed by atoms with Crippen LogP contribution in [-0.4, -0.2) is 30.4 Å². The summed E-state index contributed by atoms with van der Waals surface area (Å²) >= 11 is 0. The van der Waals surface area contributed by atoms with E-state index in [1.165, 1.54) is 0 Å². The Morgan fingerprint density at radius 3 is 2.15 bits per heavy atom. The van der Waals surface area contributed by atoms with E-state index in [9.17, 15) is 9.59 Å². The molecule has 0 fully saturated rings. The Kier molecular flexibility index (Phi) is 3.87. The number of amides is 2. The van der Waals surface area contributed by atoms with Gasteiger partial charge in [0.25, 0.3) is 0 Å². The summed E-state index contributed by atoms with van der Waals surface area (Å²) in [6.45, 7) is 4.98. The first-order chi connectivity index (χ1) is 5.81. The highest BCUT2D eigenvalue weighted by Gasteiger charge is 2.27. The quantitative estimate of drug-likeness (QED) is 0.526. The Labute approximate surface area is 78.1 Å². The van der Waals surface area contributed by atoms with Crippen LogP contribution in [0.15, 0.2) is 0 Å². The van der Waals surface area contributed by atoms with Crippen LogP contribution in [0, 0.1) is 0 Å². The minimum absolute atomic E-state index is 0.249. The van der Waals surface area contributed by atoms with E-state index in [0.29, 0.717) is 0 Å². The smallest absolute Gasteiger partial charge is 0.240 e. The predicted molar refractivity (Wildman–Crippen MR) is 49.9 cm³/mol. The lowest BCUT2D eigenvalue weighted by Crippen LogP contribution is -2.55. The molecule has 0 saturated heterocycles. The van der Waals surface area contributed by atoms with Crippen molar-refractivity contribution in [2.45, 2.75) is 32.4 Å². The van der Waals surface area contributed by atoms with Gasteiger partial charge in [-0.05, 0) is 27.8 Å². The summed E-state index contributed by atoms with van der Waals surface area (Å²) in [4.78, 5) is 22.1. The maximum atomic E-state index is 11.4. The van der Waals surface area contributed by atoms with Crippen LogP contribution in [0.3, 0.4) is 0 Å². The van der Waals surface area contributed by atoms with Gasteiger partial charge in [0.2, 0.25) is 11.8 Å². The standard InChI is InChI=1S/C8H17N3O2/c1-5(6(9)12)11-7(13)8(2,3)10-4/h5,10H,1-4H3,(H2,9,12)(H,11,13). The van der Waals surface area contributed by atoms with Gasteiger partial charge in [0.1, 0.15) is 6.04 Å². The number of nitrogens with two attached hydrogens (primary N) is 1. The molecule has 13 heavy (non-hydrogen) atoms. The van der Waals surface area contributed by atoms with Crippen molar-refractivity contribution in [1.82, 2.24) is 10.6 Å². The molecule has 5 heteroatoms. The van der Waals surface area contributed by atoms with Gasteiger partial charge >= 0.3 is 0 Å². The van der Waals surface area contributed by atoms with E-state index in [4.69, 9.17) is 5.73 Å². The molecule has 2 amide bonds. The van der Waals surface area contributed by atoms with E-state index in [1.54, 1.807) is 27.8 Å². The zero-order valence-electron chi connectivity index (χ0n) is 8.47. The topological polar surface area (TPSA) is 84.2 Å². The van der Waals surface area contributed by atoms with Crippen molar-refractivity contribution in [2.24, 2.45) is 5.73 Å². The molecule has 5 nitrogen and oxygen atoms in total. The maximum Gasteiger partial charge on any atom is 0.240 e. The van der Waals surface area contributed by atoms with Crippen molar-refractivity contribution in [2.75, 3.05) is 7.05 Å². The number of carbonyl (C=O) groups is 2. The first kappa shape index (κ1) is 11.9. The molecule has 0 rings (SSSR count). The second kappa shape index (κ2) is 4.23. The molecule has 0 heterocycles. The van der Waals surface area contributed by atoms with Crippen LogP contribution < -0.4 is 16.4 Å². The Hall–Kier alpha value is -1.10. The fourth-order valence-electron chi connectivity index (χ4n) is 0.562. The van der Waals surface area contributed by atoms with E-state index in [0.717, 1.165) is 0 Å². The summed E-state index contributed by atoms with van der Waals surface area (Å²) in [5.41, 5.74) is 4.30. The van der Waals surface area contributed by atoms with Crippen molar-refractivity contribution in [3.63, 3.8) is 0 Å². The Bertz CT molecular complexity index is 213. The minimum atomic E-state index is -0.691. The van der Waals surface area contributed by atoms with Crippen molar-refractivity contribution < 1.29 is 9.59 Å². The lowest BCUT2D eigenvalue weighted by Gasteiger charge is -2.24. The lowest BCUT2D eigenvalue weighted by molar-refractivity contribution is -0.130. The second-order valence-electron chi connectivity index (χ2n) is 3.47. The molecular formula is C8H17N3O2. The fraction of sp³-hybridized carbons (Fsp3) is 0.750. The molecule has 1 unspecified atom stereocenters. The number of nitrogens with one attached hydrogen (secondary N) is 2. The van der Waals surface area contributed by atoms with Gasteiger partial charge in [-0.15, -0.1) is 0 Å². The summed E-state index contributed by atoms with van der Waals surface area (Å²) in [5, 5.41) is 5.32. The van der Waals surface area contributed by atoms with Crippen molar-refractivity contribution >= 4 is 11.8 Å². The predicted octanol–water partition coefficient (Wildman–Crippen LogP) is -1.03. The van der Waals surface area contributed by atoms with Gasteiger partial charge in [0, 0.05) is 0 Å². The average Bonchev–Trinajstić information content (AvgIpc) is 2.04. The molecule has 1 atom stereocenters. The molecule has 0 aliphatic heterocycles. The summed E-state index contributed by atoms with van der Waals surface area (Å²) < 4.78 is 0. The fourth-order valence-corrected chi connectivity index (χ4v) is 0.562. The first-order valence-corrected chi connectivity index (χ1v) is 4.10. The van der Waals surface area contributed by atoms with E-state index >= 15 is 0 Å². The van der Waals surface area contributed by atoms with E-state index in [1.807, 2.05) is 0 Å². The highest BCUT2D eigenvalue weighted by Crippen LogP contribution is 2.00. The number of hydrogen-bond donors (Lipinski definition) is 3. The van der Waals surface area contributed by atoms with Gasteiger partial charge in [-0.3, -0.25) is 9.59 Å². The Balaban J connectivity index is 4.23. The summed E-state index contributed by atoms with van der Waals surface area (Å²) in [6, 6.07) is -0.639. The van der Waals surface area contributed by atoms with Crippen LogP contribution in [0.25, 0.3) is 0 Å². The molecular weight excluding hydrogens is 170 g/mol. The molecule has 0 aliphatic carbocycles. The third-order valence-electron chi connectivity index (χ3n) is 1.97. The van der Waals surface area contributed by atoms with Crippen molar-refractivity contribution in [3.05, 3.63) is 0 Å². The van der Waals surface area contributed by atoms with Crippen LogP contribution in [-0.2, 0) is 9.59 Å². The van der Waals surface area contributed by atoms with Crippen LogP contribution in [0.4, 0.5) is 0 Å². The molecule has 76 valence electrons. The summed E-state index contributed by atoms with van der Waals surface area (Å²) in [6.07, 6.45) is 0. The van der Waals surface area contributed by atoms with Crippen molar-refractivity contribution in [3.8, 4) is 0 Å². The number of rotatable bonds is 4. The van der Waals surface area contributed by atoms with E-state index < -0.39 is 17.5 Å². The van der Waals surface area contributed by atoms with E-state index in [-0.39, 0.29) is 5.91 Å². The minimum Gasteiger partial charge on any atom is -0.368 e. The van der Waals surface area contributed by atoms with Crippen LogP contribution in [0.2, 0.25) is 0 Å². The first-order valence-electron chi connectivity index (χ1n) is 4.10. The molecule has 0 aromatic rings. The lowest BCUT2D eigenvalue weighted by atomic mass is 10.0. The number of hydrogen-bond acceptors (Lipinski definition) is 3. The highest BCUT2D eigenvalue weighted by molar-refractivity contribution is 5.90. The van der Waals surface area contributed by atoms with Gasteiger partial charge in [0.15, 0.2) is 0 Å². The maximum absolute atomic E-state index is 11.4. The van der Waals surface area contributed by atoms with Gasteiger partial charge < -0.3 is 16.4 Å². The van der Waals surface area contributed by atoms with Gasteiger partial charge in [0.05, 0.1) is 5.54 Å². The van der Waals surface area contributed by atoms with Crippen LogP contribution in [0.5, 0.6) is 0 Å². The normalized spacial score (nSPS) is 13.5. The molecule has 4 N–H and O–H groups in total. The largest absolute Gasteiger partial charge is 0.368 e. The molecule has 0 aliphatic rings. The van der Waals surface area contributed by atoms with Gasteiger partial charge in [-0.1, -0.05) is 0 Å². The third-order valence-corrected chi connectivity index (χ3v) is 1.97. The van der Waals surface area contributed by atoms with Gasteiger partial charge in [-0.25, -0.2) is 0 Å². The highest BCUT2D eigenvalue weighted by atomic mass is 16.2. The molecule has 0 spiro atoms. The third kappa shape index (κ3) is 3.42. The number of likely N-dealkylation sites (N-methyl/N-ethyl adjacent to an activating group) is 1. The zero-order valence-corrected chi connectivity index (χ0v) is 8.47. The summed E-state index contributed by atoms with van der Waals surface area (Å²) in [5.74, 6) is -0.790. The molecule has 0 bridgehead atoms. The van der Waals surface area contributed by atoms with Gasteiger partial charge in [-0.2, -0.15) is 0 Å². The molecule has 0 aromatic heterocycles. The second-order valence-corrected chi connectivity index (χ2v) is 3.47. The number of carbonyl (C=O) groups excluding carboxylic acids is 2. The van der Waals surface area contributed by atoms with Crippen LogP contribution >= 0.6 is 0 Å².